The Labute approximate surface area is 176 Å². The molecule has 1 fully saturated rings. The molecule has 7 nitrogen and oxygen atoms in total. The second-order valence-corrected chi connectivity index (χ2v) is 8.79. The van der Waals surface area contributed by atoms with Gasteiger partial charge >= 0.3 is 0 Å². The van der Waals surface area contributed by atoms with Crippen LogP contribution in [0.15, 0.2) is 66.1 Å². The third-order valence-corrected chi connectivity index (χ3v) is 6.55. The van der Waals surface area contributed by atoms with Gasteiger partial charge in [-0.2, -0.15) is 0 Å². The number of benzene rings is 2. The lowest BCUT2D eigenvalue weighted by molar-refractivity contribution is -0.124. The van der Waals surface area contributed by atoms with Gasteiger partial charge in [0.15, 0.2) is 0 Å². The summed E-state index contributed by atoms with van der Waals surface area (Å²) in [6.45, 7) is 6.17. The van der Waals surface area contributed by atoms with E-state index in [1.165, 1.54) is 0 Å². The number of rotatable bonds is 7. The number of likely N-dealkylation sites (tertiary alicyclic amines) is 1. The predicted molar refractivity (Wildman–Crippen MR) is 116 cm³/mol. The number of hydrogen-bond acceptors (Lipinski definition) is 4. The molecule has 3 rings (SSSR count). The number of sulfonamides is 1. The Morgan fingerprint density at radius 2 is 1.87 bits per heavy atom. The van der Waals surface area contributed by atoms with E-state index in [0.717, 1.165) is 6.42 Å². The molecule has 1 heterocycles. The zero-order chi connectivity index (χ0) is 21.7. The first-order chi connectivity index (χ1) is 14.3. The first-order valence-electron chi connectivity index (χ1n) is 9.71. The van der Waals surface area contributed by atoms with Crippen LogP contribution in [0.1, 0.15) is 28.8 Å². The van der Waals surface area contributed by atoms with E-state index in [0.29, 0.717) is 36.3 Å². The van der Waals surface area contributed by atoms with E-state index in [1.54, 1.807) is 66.4 Å². The van der Waals surface area contributed by atoms with Gasteiger partial charge in [-0.3, -0.25) is 14.3 Å². The van der Waals surface area contributed by atoms with E-state index in [-0.39, 0.29) is 16.7 Å². The Morgan fingerprint density at radius 1 is 1.17 bits per heavy atom. The lowest BCUT2D eigenvalue weighted by atomic mass is 10.1. The lowest BCUT2D eigenvalue weighted by Crippen LogP contribution is -2.46. The van der Waals surface area contributed by atoms with Crippen molar-refractivity contribution in [1.29, 1.82) is 0 Å². The fraction of sp³-hybridized carbons (Fsp3) is 0.273. The Kier molecular flexibility index (Phi) is 6.56. The maximum Gasteiger partial charge on any atom is 0.262 e. The molecule has 158 valence electrons. The minimum atomic E-state index is -3.73. The van der Waals surface area contributed by atoms with Crippen molar-refractivity contribution in [2.45, 2.75) is 30.7 Å². The van der Waals surface area contributed by atoms with Crippen LogP contribution < -0.4 is 10.0 Å². The fourth-order valence-electron chi connectivity index (χ4n) is 3.49. The highest BCUT2D eigenvalue weighted by Crippen LogP contribution is 2.23. The molecule has 30 heavy (non-hydrogen) atoms. The van der Waals surface area contributed by atoms with E-state index in [1.807, 2.05) is 0 Å². The number of nitrogens with one attached hydrogen (secondary N) is 2. The summed E-state index contributed by atoms with van der Waals surface area (Å²) in [4.78, 5) is 26.9. The predicted octanol–water partition coefficient (Wildman–Crippen LogP) is 2.70. The van der Waals surface area contributed by atoms with Crippen LogP contribution in [0.5, 0.6) is 0 Å². The second-order valence-electron chi connectivity index (χ2n) is 7.14. The van der Waals surface area contributed by atoms with Gasteiger partial charge in [0.05, 0.1) is 4.90 Å². The first kappa shape index (κ1) is 21.6. The van der Waals surface area contributed by atoms with Gasteiger partial charge in [-0.1, -0.05) is 24.3 Å². The van der Waals surface area contributed by atoms with Crippen LogP contribution >= 0.6 is 0 Å². The van der Waals surface area contributed by atoms with Gasteiger partial charge in [0.1, 0.15) is 6.04 Å². The van der Waals surface area contributed by atoms with Crippen LogP contribution in [0.3, 0.4) is 0 Å². The second kappa shape index (κ2) is 9.13. The molecule has 1 atom stereocenters. The Morgan fingerprint density at radius 3 is 2.53 bits per heavy atom. The summed E-state index contributed by atoms with van der Waals surface area (Å²) in [5, 5.41) is 2.74. The molecular formula is C22H25N3O4S. The fourth-order valence-corrected chi connectivity index (χ4v) is 4.79. The highest BCUT2D eigenvalue weighted by atomic mass is 32.2. The summed E-state index contributed by atoms with van der Waals surface area (Å²) >= 11 is 0. The van der Waals surface area contributed by atoms with Crippen LogP contribution in [-0.2, 0) is 14.8 Å². The summed E-state index contributed by atoms with van der Waals surface area (Å²) in [6, 6.07) is 12.4. The van der Waals surface area contributed by atoms with Gasteiger partial charge in [0.25, 0.3) is 15.9 Å². The smallest absolute Gasteiger partial charge is 0.262 e. The number of carbonyl (C=O) groups is 2. The monoisotopic (exact) mass is 427 g/mol. The normalized spacial score (nSPS) is 16.2. The van der Waals surface area contributed by atoms with Crippen molar-refractivity contribution >= 4 is 27.5 Å². The number of amides is 2. The molecule has 0 aliphatic carbocycles. The largest absolute Gasteiger partial charge is 0.351 e. The van der Waals surface area contributed by atoms with Crippen LogP contribution in [-0.4, -0.2) is 44.3 Å². The summed E-state index contributed by atoms with van der Waals surface area (Å²) in [5.74, 6) is -0.442. The lowest BCUT2D eigenvalue weighted by Gasteiger charge is -2.24. The number of aryl methyl sites for hydroxylation is 1. The third-order valence-electron chi connectivity index (χ3n) is 5.00. The van der Waals surface area contributed by atoms with Crippen molar-refractivity contribution in [2.75, 3.05) is 17.8 Å². The van der Waals surface area contributed by atoms with Crippen molar-refractivity contribution in [2.24, 2.45) is 0 Å². The van der Waals surface area contributed by atoms with Crippen molar-refractivity contribution < 1.29 is 18.0 Å². The van der Waals surface area contributed by atoms with E-state index >= 15 is 0 Å². The number of nitrogens with zero attached hydrogens (tertiary/aromatic N) is 1. The summed E-state index contributed by atoms with van der Waals surface area (Å²) in [6.07, 6.45) is 2.96. The van der Waals surface area contributed by atoms with Crippen molar-refractivity contribution in [3.8, 4) is 0 Å². The standard InChI is InChI=1S/C22H25N3O4S/c1-3-14-23-21(26)19-8-6-15-25(19)22(27)17-10-12-18(13-11-17)24-30(28,29)20-9-5-4-7-16(20)2/h3-5,7,9-13,19,24H,1,6,8,14-15H2,2H3,(H,23,26)/t19-/m1/s1. The quantitative estimate of drug-likeness (QED) is 0.664. The van der Waals surface area contributed by atoms with Crippen LogP contribution in [0, 0.1) is 6.92 Å². The molecule has 1 saturated heterocycles. The highest BCUT2D eigenvalue weighted by molar-refractivity contribution is 7.92. The number of carbonyl (C=O) groups excluding carboxylic acids is 2. The molecule has 2 N–H and O–H groups in total. The Hall–Kier alpha value is -3.13. The molecule has 0 radical (unpaired) electrons. The van der Waals surface area contributed by atoms with Crippen molar-refractivity contribution in [3.63, 3.8) is 0 Å². The van der Waals surface area contributed by atoms with Crippen molar-refractivity contribution in [3.05, 3.63) is 72.3 Å². The van der Waals surface area contributed by atoms with Gasteiger partial charge in [-0.05, 0) is 55.7 Å². The highest BCUT2D eigenvalue weighted by Gasteiger charge is 2.34. The van der Waals surface area contributed by atoms with Gasteiger partial charge in [-0.15, -0.1) is 6.58 Å². The molecule has 2 amide bonds. The molecule has 2 aromatic carbocycles. The minimum absolute atomic E-state index is 0.191. The van der Waals surface area contributed by atoms with Crippen LogP contribution in [0.2, 0.25) is 0 Å². The maximum absolute atomic E-state index is 12.9. The molecule has 8 heteroatoms. The SMILES string of the molecule is C=CCNC(=O)[C@H]1CCCN1C(=O)c1ccc(NS(=O)(=O)c2ccccc2C)cc1. The molecule has 0 spiro atoms. The van der Waals surface area contributed by atoms with Crippen LogP contribution in [0.4, 0.5) is 5.69 Å². The van der Waals surface area contributed by atoms with E-state index in [2.05, 4.69) is 16.6 Å². The average molecular weight is 428 g/mol. The van der Waals surface area contributed by atoms with E-state index in [4.69, 9.17) is 0 Å². The van der Waals surface area contributed by atoms with Crippen LogP contribution in [0.25, 0.3) is 0 Å². The maximum atomic E-state index is 12.9. The van der Waals surface area contributed by atoms with E-state index < -0.39 is 16.1 Å². The third kappa shape index (κ3) is 4.71. The average Bonchev–Trinajstić information content (AvgIpc) is 3.22. The molecule has 0 saturated carbocycles. The number of hydrogen-bond donors (Lipinski definition) is 2. The van der Waals surface area contributed by atoms with E-state index in [9.17, 15) is 18.0 Å². The first-order valence-corrected chi connectivity index (χ1v) is 11.2. The van der Waals surface area contributed by atoms with Gasteiger partial charge in [-0.25, -0.2) is 8.42 Å². The minimum Gasteiger partial charge on any atom is -0.351 e. The zero-order valence-electron chi connectivity index (χ0n) is 16.8. The molecule has 0 aromatic heterocycles. The summed E-state index contributed by atoms with van der Waals surface area (Å²) in [7, 11) is -3.73. The summed E-state index contributed by atoms with van der Waals surface area (Å²) < 4.78 is 27.8. The van der Waals surface area contributed by atoms with Gasteiger partial charge in [0.2, 0.25) is 5.91 Å². The molecule has 0 bridgehead atoms. The van der Waals surface area contributed by atoms with Gasteiger partial charge < -0.3 is 10.2 Å². The van der Waals surface area contributed by atoms with Gasteiger partial charge in [0, 0.05) is 24.3 Å². The molecule has 2 aromatic rings. The molecule has 1 aliphatic heterocycles. The molecule has 0 unspecified atom stereocenters. The molecular weight excluding hydrogens is 402 g/mol. The zero-order valence-corrected chi connectivity index (χ0v) is 17.6. The molecule has 1 aliphatic rings. The Balaban J connectivity index is 1.72. The topological polar surface area (TPSA) is 95.6 Å². The van der Waals surface area contributed by atoms with Crippen molar-refractivity contribution in [1.82, 2.24) is 10.2 Å². The Bertz CT molecular complexity index is 1050. The number of anilines is 1. The summed E-state index contributed by atoms with van der Waals surface area (Å²) in [5.41, 5.74) is 1.40.